The molecule has 41 heavy (non-hydrogen) atoms. The number of ether oxygens (including phenoxy) is 1. The van der Waals surface area contributed by atoms with E-state index in [1.54, 1.807) is 6.92 Å². The van der Waals surface area contributed by atoms with E-state index in [1.807, 2.05) is 6.92 Å². The van der Waals surface area contributed by atoms with E-state index in [2.05, 4.69) is 15.5 Å². The molecule has 13 nitrogen and oxygen atoms in total. The lowest BCUT2D eigenvalue weighted by atomic mass is 10.1. The van der Waals surface area contributed by atoms with Crippen molar-refractivity contribution >= 4 is 33.4 Å². The van der Waals surface area contributed by atoms with Crippen molar-refractivity contribution in [2.75, 3.05) is 20.3 Å². The topological polar surface area (TPSA) is 171 Å². The third-order valence-corrected chi connectivity index (χ3v) is 7.20. The van der Waals surface area contributed by atoms with E-state index in [0.29, 0.717) is 38.6 Å². The second-order valence-corrected chi connectivity index (χ2v) is 9.76. The third kappa shape index (κ3) is 7.43. The van der Waals surface area contributed by atoms with Crippen LogP contribution < -0.4 is 21.3 Å². The third-order valence-electron chi connectivity index (χ3n) is 5.92. The average molecular weight is 591 g/mol. The molecule has 0 saturated heterocycles. The maximum atomic E-state index is 13.9. The van der Waals surface area contributed by atoms with Gasteiger partial charge in [-0.1, -0.05) is 18.3 Å². The summed E-state index contributed by atoms with van der Waals surface area (Å²) in [4.78, 5) is 50.5. The molecule has 0 fully saturated rings. The number of carboxylic acids is 1. The number of aliphatic carboxylic acids is 1. The van der Waals surface area contributed by atoms with Crippen molar-refractivity contribution in [1.82, 2.24) is 29.4 Å². The van der Waals surface area contributed by atoms with Crippen LogP contribution in [0.25, 0.3) is 15.2 Å². The molecule has 0 aliphatic heterocycles. The van der Waals surface area contributed by atoms with Gasteiger partial charge in [-0.25, -0.2) is 9.18 Å². The standard InChI is InChI=1S/C23H25FN6O4S.C3H6O3/c1-4-8-25-18(31)13-29-20(32)19-14(2)21(30-26-9-10-27-30)35-22(19)28(23(29)33)11-7-15-12-16(24)5-6-17(15)34-3;4-2-1-3(5)6/h5-6,9-10,12H,4,7-8,11,13H2,1-3H3,(H,25,31);4H,1-2H2,(H,5,6). The van der Waals surface area contributed by atoms with Gasteiger partial charge in [-0.15, -0.1) is 4.80 Å². The number of aliphatic hydroxyl groups is 1. The van der Waals surface area contributed by atoms with E-state index in [-0.39, 0.29) is 26.0 Å². The first kappa shape index (κ1) is 31.2. The Balaban J connectivity index is 0.000000696. The molecule has 0 radical (unpaired) electrons. The zero-order valence-corrected chi connectivity index (χ0v) is 23.6. The second-order valence-electron chi connectivity index (χ2n) is 8.78. The molecule has 15 heteroatoms. The number of carbonyl (C=O) groups excluding carboxylic acids is 1. The van der Waals surface area contributed by atoms with Gasteiger partial charge in [-0.2, -0.15) is 10.2 Å². The van der Waals surface area contributed by atoms with E-state index in [1.165, 1.54) is 58.4 Å². The maximum absolute atomic E-state index is 13.9. The number of hydrogen-bond acceptors (Lipinski definition) is 9. The molecule has 0 aliphatic rings. The van der Waals surface area contributed by atoms with Crippen LogP contribution in [0, 0.1) is 12.7 Å². The highest BCUT2D eigenvalue weighted by Crippen LogP contribution is 2.30. The fraction of sp³-hybridized carbons (Fsp3) is 0.385. The summed E-state index contributed by atoms with van der Waals surface area (Å²) in [5, 5.41) is 27.5. The van der Waals surface area contributed by atoms with Crippen molar-refractivity contribution in [2.45, 2.75) is 46.2 Å². The Morgan fingerprint density at radius 3 is 2.46 bits per heavy atom. The molecule has 1 aromatic carbocycles. The summed E-state index contributed by atoms with van der Waals surface area (Å²) in [6, 6.07) is 4.18. The summed E-state index contributed by atoms with van der Waals surface area (Å²) in [7, 11) is 1.49. The fourth-order valence-electron chi connectivity index (χ4n) is 3.97. The highest BCUT2D eigenvalue weighted by molar-refractivity contribution is 7.21. The van der Waals surface area contributed by atoms with Gasteiger partial charge in [-0.05, 0) is 43.5 Å². The summed E-state index contributed by atoms with van der Waals surface area (Å²) in [6.07, 6.45) is 3.87. The number of thiophene rings is 1. The minimum atomic E-state index is -0.961. The maximum Gasteiger partial charge on any atom is 0.332 e. The number of rotatable bonds is 11. The molecule has 0 spiro atoms. The number of nitrogens with zero attached hydrogens (tertiary/aromatic N) is 5. The Kier molecular flexibility index (Phi) is 10.9. The van der Waals surface area contributed by atoms with E-state index in [9.17, 15) is 23.6 Å². The molecule has 3 N–H and O–H groups in total. The number of benzene rings is 1. The summed E-state index contributed by atoms with van der Waals surface area (Å²) in [6.45, 7) is 3.57. The first-order valence-electron chi connectivity index (χ1n) is 12.7. The summed E-state index contributed by atoms with van der Waals surface area (Å²) in [5.74, 6) is -1.32. The van der Waals surface area contributed by atoms with Gasteiger partial charge in [0, 0.05) is 18.7 Å². The van der Waals surface area contributed by atoms with Gasteiger partial charge in [0.25, 0.3) is 5.56 Å². The quantitative estimate of drug-likeness (QED) is 0.234. The number of aliphatic hydroxyl groups excluding tert-OH is 1. The number of carboxylic acid groups (broad SMARTS) is 1. The van der Waals surface area contributed by atoms with Gasteiger partial charge in [0.05, 0.1) is 37.9 Å². The Morgan fingerprint density at radius 2 is 1.88 bits per heavy atom. The Morgan fingerprint density at radius 1 is 1.17 bits per heavy atom. The van der Waals surface area contributed by atoms with Crippen LogP contribution in [0.5, 0.6) is 5.75 Å². The second kappa shape index (κ2) is 14.3. The molecule has 4 aromatic rings. The molecule has 0 bridgehead atoms. The van der Waals surface area contributed by atoms with Crippen LogP contribution in [-0.4, -0.2) is 66.5 Å². The summed E-state index contributed by atoms with van der Waals surface area (Å²) in [5.41, 5.74) is 0.00775. The zero-order chi connectivity index (χ0) is 30.1. The normalized spacial score (nSPS) is 10.8. The van der Waals surface area contributed by atoms with Crippen LogP contribution in [0.1, 0.15) is 30.9 Å². The lowest BCUT2D eigenvalue weighted by Crippen LogP contribution is -2.44. The molecule has 0 atom stereocenters. The predicted octanol–water partition coefficient (Wildman–Crippen LogP) is 1.48. The van der Waals surface area contributed by atoms with Crippen molar-refractivity contribution in [3.63, 3.8) is 0 Å². The number of nitrogens with one attached hydrogen (secondary N) is 1. The van der Waals surface area contributed by atoms with E-state index in [4.69, 9.17) is 14.9 Å². The molecular weight excluding hydrogens is 559 g/mol. The highest BCUT2D eigenvalue weighted by Gasteiger charge is 2.23. The fourth-order valence-corrected chi connectivity index (χ4v) is 5.20. The van der Waals surface area contributed by atoms with E-state index in [0.717, 1.165) is 11.0 Å². The van der Waals surface area contributed by atoms with Gasteiger partial charge < -0.3 is 20.3 Å². The first-order chi connectivity index (χ1) is 19.6. The van der Waals surface area contributed by atoms with Crippen LogP contribution in [0.4, 0.5) is 4.39 Å². The number of aryl methyl sites for hydroxylation is 3. The number of aromatic nitrogens is 5. The highest BCUT2D eigenvalue weighted by atomic mass is 32.1. The van der Waals surface area contributed by atoms with Crippen molar-refractivity contribution in [1.29, 1.82) is 0 Å². The molecule has 3 aromatic heterocycles. The first-order valence-corrected chi connectivity index (χ1v) is 13.5. The van der Waals surface area contributed by atoms with Crippen LogP contribution in [-0.2, 0) is 29.1 Å². The Hall–Kier alpha value is -4.37. The van der Waals surface area contributed by atoms with Crippen molar-refractivity contribution in [2.24, 2.45) is 0 Å². The number of fused-ring (bicyclic) bond motifs is 1. The van der Waals surface area contributed by atoms with Crippen LogP contribution in [0.2, 0.25) is 0 Å². The van der Waals surface area contributed by atoms with Gasteiger partial charge in [0.1, 0.15) is 27.9 Å². The van der Waals surface area contributed by atoms with Crippen LogP contribution in [0.15, 0.2) is 40.2 Å². The number of carbonyl (C=O) groups is 2. The van der Waals surface area contributed by atoms with Gasteiger partial charge in [0.2, 0.25) is 5.91 Å². The van der Waals surface area contributed by atoms with Gasteiger partial charge in [-0.3, -0.25) is 23.5 Å². The largest absolute Gasteiger partial charge is 0.496 e. The minimum absolute atomic E-state index is 0.137. The smallest absolute Gasteiger partial charge is 0.332 e. The zero-order valence-electron chi connectivity index (χ0n) is 22.8. The number of halogens is 1. The van der Waals surface area contributed by atoms with E-state index >= 15 is 0 Å². The Labute approximate surface area is 237 Å². The molecule has 1 amide bonds. The molecule has 0 aliphatic carbocycles. The van der Waals surface area contributed by atoms with Crippen LogP contribution >= 0.6 is 11.3 Å². The van der Waals surface area contributed by atoms with Gasteiger partial charge >= 0.3 is 11.7 Å². The minimum Gasteiger partial charge on any atom is -0.496 e. The number of hydrogen-bond donors (Lipinski definition) is 3. The average Bonchev–Trinajstić information content (AvgIpc) is 3.58. The lowest BCUT2D eigenvalue weighted by Gasteiger charge is -2.13. The molecule has 0 saturated carbocycles. The monoisotopic (exact) mass is 590 g/mol. The SMILES string of the molecule is CCCNC(=O)Cn1c(=O)c2c(C)c(-n3nccn3)sc2n(CCc2cc(F)ccc2OC)c1=O.O=C(O)CCO. The molecule has 0 unspecified atom stereocenters. The van der Waals surface area contributed by atoms with Crippen molar-refractivity contribution in [3.8, 4) is 10.8 Å². The molecule has 220 valence electrons. The van der Waals surface area contributed by atoms with E-state index < -0.39 is 35.5 Å². The number of methoxy groups -OCH3 is 1. The van der Waals surface area contributed by atoms with Gasteiger partial charge in [0.15, 0.2) is 0 Å². The molecule has 3 heterocycles. The Bertz CT molecular complexity index is 1630. The van der Waals surface area contributed by atoms with Crippen molar-refractivity contribution < 1.29 is 28.9 Å². The molecular formula is C26H31FN6O7S. The van der Waals surface area contributed by atoms with Crippen molar-refractivity contribution in [3.05, 3.63) is 68.4 Å². The molecule has 4 rings (SSSR count). The van der Waals surface area contributed by atoms with Crippen LogP contribution in [0.3, 0.4) is 0 Å². The lowest BCUT2D eigenvalue weighted by molar-refractivity contribution is -0.137. The summed E-state index contributed by atoms with van der Waals surface area (Å²) >= 11 is 1.21. The summed E-state index contributed by atoms with van der Waals surface area (Å²) < 4.78 is 21.6. The number of amides is 1. The predicted molar refractivity (Wildman–Crippen MR) is 149 cm³/mol.